The molecule has 0 amide bonds. The van der Waals surface area contributed by atoms with E-state index in [-0.39, 0.29) is 0 Å². The van der Waals surface area contributed by atoms with Crippen molar-refractivity contribution in [2.75, 3.05) is 18.5 Å². The number of hydrogen-bond donors (Lipinski definition) is 1. The molecule has 2 nitrogen and oxygen atoms in total. The topological polar surface area (TPSA) is 21.3 Å². The van der Waals surface area contributed by atoms with E-state index in [9.17, 15) is 0 Å². The Morgan fingerprint density at radius 2 is 2.28 bits per heavy atom. The summed E-state index contributed by atoms with van der Waals surface area (Å²) in [5.74, 6) is 1.78. The van der Waals surface area contributed by atoms with Crippen LogP contribution in [-0.4, -0.2) is 13.2 Å². The van der Waals surface area contributed by atoms with Crippen LogP contribution in [0.25, 0.3) is 0 Å². The Morgan fingerprint density at radius 3 is 3.06 bits per heavy atom. The van der Waals surface area contributed by atoms with Crippen LogP contribution in [0.5, 0.6) is 5.75 Å². The van der Waals surface area contributed by atoms with Crippen LogP contribution in [0.15, 0.2) is 18.2 Å². The summed E-state index contributed by atoms with van der Waals surface area (Å²) in [5, 5.41) is 3.44. The van der Waals surface area contributed by atoms with Gasteiger partial charge >= 0.3 is 0 Å². The normalized spacial score (nSPS) is 24.7. The Morgan fingerprint density at radius 1 is 1.39 bits per heavy atom. The van der Waals surface area contributed by atoms with Gasteiger partial charge in [-0.05, 0) is 48.6 Å². The van der Waals surface area contributed by atoms with Gasteiger partial charge in [0.25, 0.3) is 0 Å². The van der Waals surface area contributed by atoms with Crippen LogP contribution < -0.4 is 10.1 Å². The maximum atomic E-state index is 6.06. The lowest BCUT2D eigenvalue weighted by Crippen LogP contribution is -2.12. The number of benzene rings is 1. The number of rotatable bonds is 3. The highest BCUT2D eigenvalue weighted by atomic mass is 16.5. The van der Waals surface area contributed by atoms with Gasteiger partial charge in [-0.25, -0.2) is 0 Å². The molecule has 2 heteroatoms. The van der Waals surface area contributed by atoms with Gasteiger partial charge < -0.3 is 10.1 Å². The molecule has 0 spiro atoms. The summed E-state index contributed by atoms with van der Waals surface area (Å²) in [6.07, 6.45) is 5.08. The molecule has 1 aliphatic heterocycles. The van der Waals surface area contributed by atoms with Crippen LogP contribution in [-0.2, 0) is 6.42 Å². The minimum atomic E-state index is 0.519. The second-order valence-corrected chi connectivity index (χ2v) is 6.55. The van der Waals surface area contributed by atoms with Crippen molar-refractivity contribution in [3.63, 3.8) is 0 Å². The molecule has 1 aliphatic carbocycles. The smallest absolute Gasteiger partial charge is 0.142 e. The molecule has 0 aromatic heterocycles. The van der Waals surface area contributed by atoms with E-state index in [4.69, 9.17) is 4.74 Å². The summed E-state index contributed by atoms with van der Waals surface area (Å²) >= 11 is 0. The van der Waals surface area contributed by atoms with E-state index in [2.05, 4.69) is 37.4 Å². The van der Waals surface area contributed by atoms with Crippen molar-refractivity contribution in [2.24, 2.45) is 11.3 Å². The lowest BCUT2D eigenvalue weighted by molar-refractivity contribution is 0.239. The molecule has 1 heterocycles. The highest BCUT2D eigenvalue weighted by molar-refractivity contribution is 5.65. The molecule has 1 atom stereocenters. The van der Waals surface area contributed by atoms with Gasteiger partial charge in [-0.3, -0.25) is 0 Å². The third-order valence-electron chi connectivity index (χ3n) is 4.35. The van der Waals surface area contributed by atoms with E-state index < -0.39 is 0 Å². The first kappa shape index (κ1) is 11.9. The number of nitrogens with one attached hydrogen (secondary N) is 1. The molecular weight excluding hydrogens is 222 g/mol. The molecular formula is C16H23NO. The fourth-order valence-corrected chi connectivity index (χ4v) is 3.36. The van der Waals surface area contributed by atoms with Crippen LogP contribution >= 0.6 is 0 Å². The first-order chi connectivity index (χ1) is 8.64. The average Bonchev–Trinajstić information content (AvgIpc) is 2.92. The summed E-state index contributed by atoms with van der Waals surface area (Å²) in [7, 11) is 0. The van der Waals surface area contributed by atoms with Gasteiger partial charge in [-0.2, -0.15) is 0 Å². The fourth-order valence-electron chi connectivity index (χ4n) is 3.36. The fraction of sp³-hybridized carbons (Fsp3) is 0.625. The van der Waals surface area contributed by atoms with E-state index in [1.807, 2.05) is 0 Å². The molecule has 18 heavy (non-hydrogen) atoms. The third-order valence-corrected chi connectivity index (χ3v) is 4.35. The predicted molar refractivity (Wildman–Crippen MR) is 75.3 cm³/mol. The molecule has 98 valence electrons. The molecule has 1 saturated carbocycles. The third kappa shape index (κ3) is 2.33. The van der Waals surface area contributed by atoms with Gasteiger partial charge in [0.2, 0.25) is 0 Å². The van der Waals surface area contributed by atoms with Crippen LogP contribution in [0.1, 0.15) is 38.7 Å². The van der Waals surface area contributed by atoms with Crippen molar-refractivity contribution in [1.29, 1.82) is 0 Å². The number of para-hydroxylation sites is 1. The molecule has 1 aromatic rings. The summed E-state index contributed by atoms with van der Waals surface area (Å²) in [6, 6.07) is 6.40. The lowest BCUT2D eigenvalue weighted by Gasteiger charge is -2.18. The minimum absolute atomic E-state index is 0.519. The van der Waals surface area contributed by atoms with Gasteiger partial charge in [-0.15, -0.1) is 0 Å². The Balaban J connectivity index is 1.63. The van der Waals surface area contributed by atoms with Crippen molar-refractivity contribution in [3.8, 4) is 5.75 Å². The SMILES string of the molecule is CC1(C)CCC(COc2cccc3c2NCC3)C1. The molecule has 0 saturated heterocycles. The van der Waals surface area contributed by atoms with Crippen LogP contribution in [0.2, 0.25) is 0 Å². The second-order valence-electron chi connectivity index (χ2n) is 6.55. The van der Waals surface area contributed by atoms with E-state index >= 15 is 0 Å². The zero-order chi connectivity index (χ0) is 12.6. The van der Waals surface area contributed by atoms with Gasteiger partial charge in [-0.1, -0.05) is 26.0 Å². The molecule has 1 N–H and O–H groups in total. The molecule has 1 aromatic carbocycles. The number of hydrogen-bond acceptors (Lipinski definition) is 2. The van der Waals surface area contributed by atoms with Crippen molar-refractivity contribution in [2.45, 2.75) is 39.5 Å². The summed E-state index contributed by atoms with van der Waals surface area (Å²) in [5.41, 5.74) is 3.15. The Labute approximate surface area is 110 Å². The minimum Gasteiger partial charge on any atom is -0.491 e. The van der Waals surface area contributed by atoms with Crippen molar-refractivity contribution < 1.29 is 4.74 Å². The highest BCUT2D eigenvalue weighted by Gasteiger charge is 2.31. The van der Waals surface area contributed by atoms with Crippen molar-refractivity contribution in [1.82, 2.24) is 0 Å². The molecule has 2 aliphatic rings. The number of anilines is 1. The lowest BCUT2D eigenvalue weighted by atomic mass is 9.91. The largest absolute Gasteiger partial charge is 0.491 e. The number of fused-ring (bicyclic) bond motifs is 1. The maximum Gasteiger partial charge on any atom is 0.142 e. The maximum absolute atomic E-state index is 6.06. The first-order valence-electron chi connectivity index (χ1n) is 7.13. The van der Waals surface area contributed by atoms with E-state index in [1.54, 1.807) is 0 Å². The van der Waals surface area contributed by atoms with Gasteiger partial charge in [0.05, 0.1) is 12.3 Å². The van der Waals surface area contributed by atoms with E-state index in [1.165, 1.54) is 30.5 Å². The van der Waals surface area contributed by atoms with Gasteiger partial charge in [0.1, 0.15) is 5.75 Å². The van der Waals surface area contributed by atoms with E-state index in [0.717, 1.165) is 31.2 Å². The van der Waals surface area contributed by atoms with Crippen LogP contribution in [0, 0.1) is 11.3 Å². The van der Waals surface area contributed by atoms with Crippen LogP contribution in [0.3, 0.4) is 0 Å². The Hall–Kier alpha value is -1.18. The van der Waals surface area contributed by atoms with Crippen molar-refractivity contribution in [3.05, 3.63) is 23.8 Å². The van der Waals surface area contributed by atoms with Crippen LogP contribution in [0.4, 0.5) is 5.69 Å². The van der Waals surface area contributed by atoms with Gasteiger partial charge in [0.15, 0.2) is 0 Å². The summed E-state index contributed by atoms with van der Waals surface area (Å²) in [6.45, 7) is 6.66. The summed E-state index contributed by atoms with van der Waals surface area (Å²) < 4.78 is 6.06. The Bertz CT molecular complexity index is 439. The van der Waals surface area contributed by atoms with Crippen molar-refractivity contribution >= 4 is 5.69 Å². The van der Waals surface area contributed by atoms with Gasteiger partial charge in [0, 0.05) is 6.54 Å². The zero-order valence-electron chi connectivity index (χ0n) is 11.5. The second kappa shape index (κ2) is 4.49. The average molecular weight is 245 g/mol. The predicted octanol–water partition coefficient (Wildman–Crippen LogP) is 3.86. The zero-order valence-corrected chi connectivity index (χ0v) is 11.5. The molecule has 0 radical (unpaired) electrons. The quantitative estimate of drug-likeness (QED) is 0.873. The highest BCUT2D eigenvalue weighted by Crippen LogP contribution is 2.41. The molecule has 1 unspecified atom stereocenters. The first-order valence-corrected chi connectivity index (χ1v) is 7.13. The number of ether oxygens (including phenoxy) is 1. The standard InChI is InChI=1S/C16H23NO/c1-16(2)8-6-12(10-16)11-18-14-5-3-4-13-7-9-17-15(13)14/h3-5,12,17H,6-11H2,1-2H3. The summed E-state index contributed by atoms with van der Waals surface area (Å²) in [4.78, 5) is 0. The molecule has 3 rings (SSSR count). The molecule has 1 fully saturated rings. The van der Waals surface area contributed by atoms with E-state index in [0.29, 0.717) is 5.41 Å². The Kier molecular flexibility index (Phi) is 2.96. The molecule has 0 bridgehead atoms. The monoisotopic (exact) mass is 245 g/mol.